The van der Waals surface area contributed by atoms with E-state index < -0.39 is 0 Å². The molecule has 1 N–H and O–H groups in total. The second-order valence-corrected chi connectivity index (χ2v) is 4.62. The molecular weight excluding hydrogens is 217 g/mol. The molecule has 0 radical (unpaired) electrons. The number of hydrogen-bond donors (Lipinski definition) is 1. The Balaban J connectivity index is 1.75. The lowest BCUT2D eigenvalue weighted by atomic mass is 10.0. The number of benzene rings is 1. The Morgan fingerprint density at radius 2 is 2.12 bits per heavy atom. The molecule has 1 unspecified atom stereocenters. The molecule has 0 saturated carbocycles. The Morgan fingerprint density at radius 1 is 1.35 bits per heavy atom. The summed E-state index contributed by atoms with van der Waals surface area (Å²) < 4.78 is 12.7. The van der Waals surface area contributed by atoms with Gasteiger partial charge in [-0.25, -0.2) is 4.39 Å². The molecule has 1 aliphatic heterocycles. The molecule has 1 fully saturated rings. The molecule has 0 aromatic heterocycles. The zero-order chi connectivity index (χ0) is 12.1. The maximum Gasteiger partial charge on any atom is 0.162 e. The van der Waals surface area contributed by atoms with Crippen molar-refractivity contribution in [3.8, 4) is 0 Å². The zero-order valence-electron chi connectivity index (χ0n) is 9.92. The second kappa shape index (κ2) is 5.92. The van der Waals surface area contributed by atoms with E-state index in [1.807, 2.05) is 0 Å². The van der Waals surface area contributed by atoms with E-state index in [0.717, 1.165) is 19.4 Å². The smallest absolute Gasteiger partial charge is 0.162 e. The first kappa shape index (κ1) is 12.2. The van der Waals surface area contributed by atoms with Crippen LogP contribution in [-0.2, 0) is 0 Å². The highest BCUT2D eigenvalue weighted by Crippen LogP contribution is 2.14. The lowest BCUT2D eigenvalue weighted by Gasteiger charge is -2.08. The summed E-state index contributed by atoms with van der Waals surface area (Å²) in [7, 11) is 0. The number of carbonyl (C=O) groups is 1. The molecule has 2 nitrogen and oxygen atoms in total. The number of rotatable bonds is 5. The van der Waals surface area contributed by atoms with Crippen molar-refractivity contribution in [3.05, 3.63) is 35.6 Å². The van der Waals surface area contributed by atoms with Crippen molar-refractivity contribution in [2.75, 3.05) is 6.54 Å². The molecule has 1 atom stereocenters. The van der Waals surface area contributed by atoms with Crippen LogP contribution in [0.5, 0.6) is 0 Å². The lowest BCUT2D eigenvalue weighted by Crippen LogP contribution is -2.21. The van der Waals surface area contributed by atoms with Crippen molar-refractivity contribution in [2.45, 2.75) is 38.1 Å². The van der Waals surface area contributed by atoms with Gasteiger partial charge >= 0.3 is 0 Å². The molecule has 0 amide bonds. The van der Waals surface area contributed by atoms with Crippen LogP contribution in [0.25, 0.3) is 0 Å². The SMILES string of the molecule is O=C(CCCC1CCCN1)c1ccc(F)cc1. The Hall–Kier alpha value is -1.22. The summed E-state index contributed by atoms with van der Waals surface area (Å²) in [5.41, 5.74) is 0.616. The summed E-state index contributed by atoms with van der Waals surface area (Å²) in [5.74, 6) is -0.181. The highest BCUT2D eigenvalue weighted by Gasteiger charge is 2.14. The van der Waals surface area contributed by atoms with Crippen LogP contribution in [0.4, 0.5) is 4.39 Å². The Labute approximate surface area is 101 Å². The minimum Gasteiger partial charge on any atom is -0.314 e. The molecule has 3 heteroatoms. The number of ketones is 1. The van der Waals surface area contributed by atoms with Crippen molar-refractivity contribution >= 4 is 5.78 Å². The largest absolute Gasteiger partial charge is 0.314 e. The van der Waals surface area contributed by atoms with E-state index in [1.54, 1.807) is 12.1 Å². The van der Waals surface area contributed by atoms with Gasteiger partial charge in [0.1, 0.15) is 5.82 Å². The predicted octanol–water partition coefficient (Wildman–Crippen LogP) is 2.93. The number of Topliss-reactive ketones (excluding diaryl/α,β-unsaturated/α-hetero) is 1. The molecule has 1 aromatic carbocycles. The Kier molecular flexibility index (Phi) is 4.26. The Morgan fingerprint density at radius 3 is 2.76 bits per heavy atom. The van der Waals surface area contributed by atoms with Gasteiger partial charge in [-0.3, -0.25) is 4.79 Å². The summed E-state index contributed by atoms with van der Waals surface area (Å²) in [5, 5.41) is 3.42. The normalized spacial score (nSPS) is 19.5. The fraction of sp³-hybridized carbons (Fsp3) is 0.500. The fourth-order valence-corrected chi connectivity index (χ4v) is 2.29. The average molecular weight is 235 g/mol. The highest BCUT2D eigenvalue weighted by atomic mass is 19.1. The topological polar surface area (TPSA) is 29.1 Å². The fourth-order valence-electron chi connectivity index (χ4n) is 2.29. The molecule has 1 heterocycles. The van der Waals surface area contributed by atoms with Gasteiger partial charge in [0.2, 0.25) is 0 Å². The maximum atomic E-state index is 12.7. The van der Waals surface area contributed by atoms with Gasteiger partial charge in [0.25, 0.3) is 0 Å². The molecule has 1 saturated heterocycles. The molecule has 0 bridgehead atoms. The summed E-state index contributed by atoms with van der Waals surface area (Å²) >= 11 is 0. The first-order valence-corrected chi connectivity index (χ1v) is 6.28. The Bertz CT molecular complexity index is 368. The molecule has 2 rings (SSSR count). The van der Waals surface area contributed by atoms with Crippen LogP contribution in [0.1, 0.15) is 42.5 Å². The van der Waals surface area contributed by atoms with Gasteiger partial charge in [-0.2, -0.15) is 0 Å². The molecule has 1 aromatic rings. The highest BCUT2D eigenvalue weighted by molar-refractivity contribution is 5.95. The van der Waals surface area contributed by atoms with Crippen LogP contribution < -0.4 is 5.32 Å². The van der Waals surface area contributed by atoms with Crippen molar-refractivity contribution in [2.24, 2.45) is 0 Å². The van der Waals surface area contributed by atoms with E-state index in [0.29, 0.717) is 18.0 Å². The van der Waals surface area contributed by atoms with Crippen molar-refractivity contribution in [1.29, 1.82) is 0 Å². The van der Waals surface area contributed by atoms with Crippen molar-refractivity contribution in [3.63, 3.8) is 0 Å². The third-order valence-electron chi connectivity index (χ3n) is 3.28. The summed E-state index contributed by atoms with van der Waals surface area (Å²) in [6.45, 7) is 1.11. The molecule has 0 spiro atoms. The van der Waals surface area contributed by atoms with Gasteiger partial charge < -0.3 is 5.32 Å². The molecule has 92 valence electrons. The van der Waals surface area contributed by atoms with E-state index in [1.165, 1.54) is 25.0 Å². The first-order chi connectivity index (χ1) is 8.25. The quantitative estimate of drug-likeness (QED) is 0.795. The van der Waals surface area contributed by atoms with E-state index in [2.05, 4.69) is 5.32 Å². The van der Waals surface area contributed by atoms with Gasteiger partial charge in [-0.1, -0.05) is 0 Å². The van der Waals surface area contributed by atoms with Gasteiger partial charge in [0, 0.05) is 18.0 Å². The zero-order valence-corrected chi connectivity index (χ0v) is 9.92. The third kappa shape index (κ3) is 3.63. The molecule has 0 aliphatic carbocycles. The van der Waals surface area contributed by atoms with E-state index >= 15 is 0 Å². The molecule has 1 aliphatic rings. The van der Waals surface area contributed by atoms with Gasteiger partial charge in [0.15, 0.2) is 5.78 Å². The van der Waals surface area contributed by atoms with Crippen LogP contribution in [0, 0.1) is 5.82 Å². The monoisotopic (exact) mass is 235 g/mol. The van der Waals surface area contributed by atoms with E-state index in [4.69, 9.17) is 0 Å². The van der Waals surface area contributed by atoms with E-state index in [9.17, 15) is 9.18 Å². The number of nitrogens with one attached hydrogen (secondary N) is 1. The number of carbonyl (C=O) groups excluding carboxylic acids is 1. The predicted molar refractivity (Wildman–Crippen MR) is 65.6 cm³/mol. The maximum absolute atomic E-state index is 12.7. The standard InChI is InChI=1S/C14H18FNO/c15-12-8-6-11(7-9-12)14(17)5-1-3-13-4-2-10-16-13/h6-9,13,16H,1-5,10H2. The minimum atomic E-state index is -0.295. The second-order valence-electron chi connectivity index (χ2n) is 4.62. The molecular formula is C14H18FNO. The van der Waals surface area contributed by atoms with E-state index in [-0.39, 0.29) is 11.6 Å². The van der Waals surface area contributed by atoms with Crippen LogP contribution in [0.15, 0.2) is 24.3 Å². The lowest BCUT2D eigenvalue weighted by molar-refractivity contribution is 0.0978. The van der Waals surface area contributed by atoms with Gasteiger partial charge in [-0.05, 0) is 56.5 Å². The van der Waals surface area contributed by atoms with Gasteiger partial charge in [-0.15, -0.1) is 0 Å². The summed E-state index contributed by atoms with van der Waals surface area (Å²) in [4.78, 5) is 11.8. The number of hydrogen-bond acceptors (Lipinski definition) is 2. The first-order valence-electron chi connectivity index (χ1n) is 6.28. The van der Waals surface area contributed by atoms with Crippen molar-refractivity contribution < 1.29 is 9.18 Å². The van der Waals surface area contributed by atoms with Crippen LogP contribution in [0.2, 0.25) is 0 Å². The molecule has 17 heavy (non-hydrogen) atoms. The van der Waals surface area contributed by atoms with Crippen LogP contribution in [0.3, 0.4) is 0 Å². The summed E-state index contributed by atoms with van der Waals surface area (Å²) in [6, 6.07) is 6.39. The third-order valence-corrected chi connectivity index (χ3v) is 3.28. The average Bonchev–Trinajstić information content (AvgIpc) is 2.83. The van der Waals surface area contributed by atoms with Crippen LogP contribution >= 0.6 is 0 Å². The summed E-state index contributed by atoms with van der Waals surface area (Å²) in [6.07, 6.45) is 5.01. The van der Waals surface area contributed by atoms with Crippen molar-refractivity contribution in [1.82, 2.24) is 5.32 Å². The minimum absolute atomic E-state index is 0.114. The van der Waals surface area contributed by atoms with Crippen LogP contribution in [-0.4, -0.2) is 18.4 Å². The number of halogens is 1. The van der Waals surface area contributed by atoms with Gasteiger partial charge in [0.05, 0.1) is 0 Å².